The van der Waals surface area contributed by atoms with E-state index in [1.54, 1.807) is 12.1 Å². The third-order valence-corrected chi connectivity index (χ3v) is 7.09. The van der Waals surface area contributed by atoms with Gasteiger partial charge in [0, 0.05) is 24.8 Å². The van der Waals surface area contributed by atoms with Gasteiger partial charge in [0.15, 0.2) is 0 Å². The number of ketones is 1. The van der Waals surface area contributed by atoms with Crippen LogP contribution in [0.3, 0.4) is 0 Å². The van der Waals surface area contributed by atoms with E-state index in [0.717, 1.165) is 35.1 Å². The van der Waals surface area contributed by atoms with Gasteiger partial charge < -0.3 is 35.0 Å². The second kappa shape index (κ2) is 13.8. The minimum atomic E-state index is -1.53. The average molecular weight is 531 g/mol. The molecule has 1 fully saturated rings. The smallest absolute Gasteiger partial charge is 0.305 e. The van der Waals surface area contributed by atoms with E-state index in [9.17, 15) is 35.1 Å². The number of esters is 1. The van der Waals surface area contributed by atoms with Crippen LogP contribution in [0.1, 0.15) is 66.0 Å². The molecular weight excluding hydrogens is 492 g/mol. The molecule has 0 aliphatic carbocycles. The van der Waals surface area contributed by atoms with Crippen LogP contribution in [0.25, 0.3) is 0 Å². The number of phenolic OH excluding ortho intramolecular Hbond substituents is 1. The number of Topliss-reactive ketones (excluding diaryl/α,β-unsaturated/α-hetero) is 1. The van der Waals surface area contributed by atoms with Crippen LogP contribution in [-0.2, 0) is 31.9 Å². The van der Waals surface area contributed by atoms with Crippen LogP contribution < -0.4 is 0 Å². The van der Waals surface area contributed by atoms with Gasteiger partial charge in [0.05, 0.1) is 13.7 Å². The summed E-state index contributed by atoms with van der Waals surface area (Å²) >= 11 is 0. The molecule has 1 aliphatic rings. The summed E-state index contributed by atoms with van der Waals surface area (Å²) in [6.45, 7) is 1.32. The highest BCUT2D eigenvalue weighted by molar-refractivity contribution is 5.79. The van der Waals surface area contributed by atoms with E-state index in [-0.39, 0.29) is 29.5 Å². The number of aliphatic hydroxyl groups excluding tert-OH is 4. The standard InChI is InChI=1S/C29H38O9/c1-17-13-23(32)22(29-28(36)27(35)26(34)24(16-30)38-29)15-20(17)14-19-11-9-18(10-12-19)5-3-6-21(31)7-4-8-25(33)37-2/h9-13,15,24,26-30,32,34-36H,3-8,14,16H2,1-2H3/t24-,26-,27+,28-,29+/m1/s1. The first-order chi connectivity index (χ1) is 18.1. The van der Waals surface area contributed by atoms with Gasteiger partial charge in [0.1, 0.15) is 42.1 Å². The van der Waals surface area contributed by atoms with Crippen LogP contribution in [0.4, 0.5) is 0 Å². The Morgan fingerprint density at radius 1 is 0.921 bits per heavy atom. The minimum absolute atomic E-state index is 0.106. The van der Waals surface area contributed by atoms with Crippen molar-refractivity contribution in [3.05, 3.63) is 64.2 Å². The number of aliphatic hydroxyl groups is 4. The lowest BCUT2D eigenvalue weighted by molar-refractivity contribution is -0.232. The number of hydrogen-bond donors (Lipinski definition) is 5. The fourth-order valence-electron chi connectivity index (χ4n) is 4.72. The second-order valence-corrected chi connectivity index (χ2v) is 9.90. The van der Waals surface area contributed by atoms with E-state index in [2.05, 4.69) is 4.74 Å². The fourth-order valence-corrected chi connectivity index (χ4v) is 4.72. The lowest BCUT2D eigenvalue weighted by Crippen LogP contribution is -2.55. The third kappa shape index (κ3) is 7.61. The molecular formula is C29H38O9. The van der Waals surface area contributed by atoms with Crippen LogP contribution in [0.2, 0.25) is 0 Å². The van der Waals surface area contributed by atoms with Crippen molar-refractivity contribution in [1.82, 2.24) is 0 Å². The number of benzene rings is 2. The molecule has 0 amide bonds. The van der Waals surface area contributed by atoms with Crippen molar-refractivity contribution in [2.45, 2.75) is 82.4 Å². The largest absolute Gasteiger partial charge is 0.508 e. The van der Waals surface area contributed by atoms with Gasteiger partial charge in [-0.3, -0.25) is 9.59 Å². The maximum absolute atomic E-state index is 12.0. The highest BCUT2D eigenvalue weighted by atomic mass is 16.5. The summed E-state index contributed by atoms with van der Waals surface area (Å²) in [6.07, 6.45) is -2.99. The van der Waals surface area contributed by atoms with Gasteiger partial charge in [-0.1, -0.05) is 24.3 Å². The molecule has 0 saturated carbocycles. The lowest BCUT2D eigenvalue weighted by Gasteiger charge is -2.40. The molecule has 2 aromatic rings. The molecule has 1 heterocycles. The molecule has 2 aromatic carbocycles. The third-order valence-electron chi connectivity index (χ3n) is 7.09. The first-order valence-corrected chi connectivity index (χ1v) is 12.9. The van der Waals surface area contributed by atoms with Crippen LogP contribution >= 0.6 is 0 Å². The minimum Gasteiger partial charge on any atom is -0.508 e. The van der Waals surface area contributed by atoms with E-state index >= 15 is 0 Å². The molecule has 38 heavy (non-hydrogen) atoms. The zero-order valence-corrected chi connectivity index (χ0v) is 21.9. The van der Waals surface area contributed by atoms with Gasteiger partial charge in [-0.25, -0.2) is 0 Å². The molecule has 3 rings (SSSR count). The molecule has 0 spiro atoms. The quantitative estimate of drug-likeness (QED) is 0.259. The van der Waals surface area contributed by atoms with E-state index in [0.29, 0.717) is 25.7 Å². The number of aryl methyl sites for hydroxylation is 2. The first kappa shape index (κ1) is 29.7. The average Bonchev–Trinajstić information content (AvgIpc) is 2.90. The Hall–Kier alpha value is -2.82. The number of methoxy groups -OCH3 is 1. The van der Waals surface area contributed by atoms with E-state index in [4.69, 9.17) is 4.74 Å². The molecule has 5 N–H and O–H groups in total. The molecule has 208 valence electrons. The number of rotatable bonds is 12. The van der Waals surface area contributed by atoms with E-state index in [1.165, 1.54) is 7.11 Å². The molecule has 9 nitrogen and oxygen atoms in total. The Kier molecular flexibility index (Phi) is 10.8. The SMILES string of the molecule is COC(=O)CCCC(=O)CCCc1ccc(Cc2cc([C@@H]3O[C@H](CO)[C@@H](O)[C@H](O)[C@H]3O)c(O)cc2C)cc1. The van der Waals surface area contributed by atoms with E-state index < -0.39 is 37.1 Å². The number of phenols is 1. The number of carbonyl (C=O) groups excluding carboxylic acids is 2. The Morgan fingerprint density at radius 3 is 2.24 bits per heavy atom. The van der Waals surface area contributed by atoms with Crippen molar-refractivity contribution in [2.24, 2.45) is 0 Å². The van der Waals surface area contributed by atoms with Gasteiger partial charge in [-0.15, -0.1) is 0 Å². The van der Waals surface area contributed by atoms with Crippen molar-refractivity contribution in [3.8, 4) is 5.75 Å². The molecule has 9 heteroatoms. The highest BCUT2D eigenvalue weighted by Crippen LogP contribution is 2.38. The Bertz CT molecular complexity index is 1080. The van der Waals surface area contributed by atoms with Gasteiger partial charge in [0.25, 0.3) is 0 Å². The Labute approximate surface area is 222 Å². The predicted octanol–water partition coefficient (Wildman–Crippen LogP) is 2.04. The molecule has 5 atom stereocenters. The maximum Gasteiger partial charge on any atom is 0.305 e. The van der Waals surface area contributed by atoms with E-state index in [1.807, 2.05) is 31.2 Å². The van der Waals surface area contributed by atoms with Gasteiger partial charge in [0.2, 0.25) is 0 Å². The Morgan fingerprint density at radius 2 is 1.58 bits per heavy atom. The summed E-state index contributed by atoms with van der Waals surface area (Å²) < 4.78 is 10.2. The summed E-state index contributed by atoms with van der Waals surface area (Å²) in [4.78, 5) is 23.1. The van der Waals surface area contributed by atoms with Crippen molar-refractivity contribution in [1.29, 1.82) is 0 Å². The summed E-state index contributed by atoms with van der Waals surface area (Å²) in [5.41, 5.74) is 4.14. The van der Waals surface area contributed by atoms with Gasteiger partial charge in [-0.05, 0) is 67.0 Å². The molecule has 1 saturated heterocycles. The zero-order chi connectivity index (χ0) is 27.8. The molecule has 0 unspecified atom stereocenters. The Balaban J connectivity index is 1.60. The fraction of sp³-hybridized carbons (Fsp3) is 0.517. The van der Waals surface area contributed by atoms with Crippen molar-refractivity contribution in [2.75, 3.05) is 13.7 Å². The van der Waals surface area contributed by atoms with Crippen molar-refractivity contribution < 1.29 is 44.6 Å². The summed E-state index contributed by atoms with van der Waals surface area (Å²) in [5, 5.41) is 50.8. The number of hydrogen-bond acceptors (Lipinski definition) is 9. The summed E-state index contributed by atoms with van der Waals surface area (Å²) in [5.74, 6) is -0.264. The molecule has 0 aromatic heterocycles. The lowest BCUT2D eigenvalue weighted by atomic mass is 9.88. The predicted molar refractivity (Wildman–Crippen MR) is 139 cm³/mol. The first-order valence-electron chi connectivity index (χ1n) is 12.9. The molecule has 0 bridgehead atoms. The number of aromatic hydroxyl groups is 1. The molecule has 1 aliphatic heterocycles. The second-order valence-electron chi connectivity index (χ2n) is 9.90. The van der Waals surface area contributed by atoms with Crippen LogP contribution in [-0.4, -0.2) is 75.4 Å². The maximum atomic E-state index is 12.0. The van der Waals surface area contributed by atoms with Crippen molar-refractivity contribution >= 4 is 11.8 Å². The van der Waals surface area contributed by atoms with Crippen LogP contribution in [0.5, 0.6) is 5.75 Å². The van der Waals surface area contributed by atoms with Crippen molar-refractivity contribution in [3.63, 3.8) is 0 Å². The van der Waals surface area contributed by atoms with Gasteiger partial charge in [-0.2, -0.15) is 0 Å². The monoisotopic (exact) mass is 530 g/mol. The van der Waals surface area contributed by atoms with Gasteiger partial charge >= 0.3 is 5.97 Å². The van der Waals surface area contributed by atoms with Crippen LogP contribution in [0, 0.1) is 6.92 Å². The topological polar surface area (TPSA) is 154 Å². The molecule has 0 radical (unpaired) electrons. The number of carbonyl (C=O) groups is 2. The highest BCUT2D eigenvalue weighted by Gasteiger charge is 2.44. The van der Waals surface area contributed by atoms with Crippen LogP contribution in [0.15, 0.2) is 36.4 Å². The number of ether oxygens (including phenoxy) is 2. The summed E-state index contributed by atoms with van der Waals surface area (Å²) in [7, 11) is 1.34. The zero-order valence-electron chi connectivity index (χ0n) is 21.9. The summed E-state index contributed by atoms with van der Waals surface area (Å²) in [6, 6.07) is 11.3. The normalized spacial score (nSPS) is 23.3.